The summed E-state index contributed by atoms with van der Waals surface area (Å²) in [6, 6.07) is 4.19. The Kier molecular flexibility index (Phi) is 4.66. The molecule has 0 spiro atoms. The highest BCUT2D eigenvalue weighted by Gasteiger charge is 2.14. The lowest BCUT2D eigenvalue weighted by atomic mass is 10.1. The van der Waals surface area contributed by atoms with Crippen molar-refractivity contribution in [1.29, 1.82) is 0 Å². The van der Waals surface area contributed by atoms with Gasteiger partial charge in [-0.3, -0.25) is 0 Å². The van der Waals surface area contributed by atoms with E-state index in [9.17, 15) is 8.78 Å². The van der Waals surface area contributed by atoms with Crippen molar-refractivity contribution < 1.29 is 8.78 Å². The third-order valence-electron chi connectivity index (χ3n) is 3.55. The molecule has 0 radical (unpaired) electrons. The molecule has 1 atom stereocenters. The first kappa shape index (κ1) is 13.4. The van der Waals surface area contributed by atoms with Gasteiger partial charge in [0.15, 0.2) is 0 Å². The molecule has 2 rings (SSSR count). The summed E-state index contributed by atoms with van der Waals surface area (Å²) >= 11 is 0. The monoisotopic (exact) mass is 254 g/mol. The maximum Gasteiger partial charge on any atom is 0.130 e. The van der Waals surface area contributed by atoms with E-state index in [4.69, 9.17) is 0 Å². The molecule has 1 saturated heterocycles. The van der Waals surface area contributed by atoms with E-state index in [-0.39, 0.29) is 0 Å². The Morgan fingerprint density at radius 1 is 1.28 bits per heavy atom. The van der Waals surface area contributed by atoms with Crippen molar-refractivity contribution in [2.45, 2.75) is 31.8 Å². The lowest BCUT2D eigenvalue weighted by Gasteiger charge is -2.17. The molecule has 0 saturated carbocycles. The highest BCUT2D eigenvalue weighted by Crippen LogP contribution is 2.13. The lowest BCUT2D eigenvalue weighted by Crippen LogP contribution is -2.30. The van der Waals surface area contributed by atoms with Gasteiger partial charge >= 0.3 is 0 Å². The Hall–Kier alpha value is -1.00. The predicted molar refractivity (Wildman–Crippen MR) is 68.3 cm³/mol. The summed E-state index contributed by atoms with van der Waals surface area (Å²) in [5.74, 6) is -0.986. The van der Waals surface area contributed by atoms with Crippen molar-refractivity contribution in [3.05, 3.63) is 35.4 Å². The summed E-state index contributed by atoms with van der Waals surface area (Å²) in [4.78, 5) is 2.32. The average molecular weight is 254 g/mol. The van der Waals surface area contributed by atoms with Gasteiger partial charge in [0.2, 0.25) is 0 Å². The van der Waals surface area contributed by atoms with Crippen molar-refractivity contribution in [3.8, 4) is 0 Å². The molecule has 0 amide bonds. The van der Waals surface area contributed by atoms with Gasteiger partial charge in [0.25, 0.3) is 0 Å². The Labute approximate surface area is 107 Å². The zero-order valence-electron chi connectivity index (χ0n) is 10.8. The molecule has 0 aliphatic carbocycles. The topological polar surface area (TPSA) is 15.3 Å². The smallest absolute Gasteiger partial charge is 0.130 e. The van der Waals surface area contributed by atoms with E-state index in [1.54, 1.807) is 0 Å². The van der Waals surface area contributed by atoms with E-state index in [2.05, 4.69) is 17.3 Å². The SMILES string of the molecule is CN1CCCC(NCc2ccc(F)cc2F)CC1. The number of hydrogen-bond donors (Lipinski definition) is 1. The van der Waals surface area contributed by atoms with E-state index in [1.165, 1.54) is 18.6 Å². The van der Waals surface area contributed by atoms with Crippen molar-refractivity contribution in [1.82, 2.24) is 10.2 Å². The standard InChI is InChI=1S/C14H20F2N2/c1-18-7-2-3-13(6-8-18)17-10-11-4-5-12(15)9-14(11)16/h4-5,9,13,17H,2-3,6-8,10H2,1H3. The first-order valence-corrected chi connectivity index (χ1v) is 6.51. The van der Waals surface area contributed by atoms with Crippen molar-refractivity contribution in [2.24, 2.45) is 0 Å². The van der Waals surface area contributed by atoms with Crippen molar-refractivity contribution in [2.75, 3.05) is 20.1 Å². The fourth-order valence-corrected chi connectivity index (χ4v) is 2.36. The summed E-state index contributed by atoms with van der Waals surface area (Å²) < 4.78 is 26.2. The van der Waals surface area contributed by atoms with E-state index in [0.717, 1.165) is 32.0 Å². The zero-order chi connectivity index (χ0) is 13.0. The lowest BCUT2D eigenvalue weighted by molar-refractivity contribution is 0.343. The Balaban J connectivity index is 1.87. The highest BCUT2D eigenvalue weighted by atomic mass is 19.1. The summed E-state index contributed by atoms with van der Waals surface area (Å²) in [6.07, 6.45) is 3.37. The second-order valence-electron chi connectivity index (χ2n) is 5.05. The van der Waals surface area contributed by atoms with Crippen molar-refractivity contribution in [3.63, 3.8) is 0 Å². The van der Waals surface area contributed by atoms with Crippen LogP contribution in [0.15, 0.2) is 18.2 Å². The molecule has 1 N–H and O–H groups in total. The Bertz CT molecular complexity index is 395. The van der Waals surface area contributed by atoms with Crippen LogP contribution in [0.25, 0.3) is 0 Å². The third-order valence-corrected chi connectivity index (χ3v) is 3.55. The quantitative estimate of drug-likeness (QED) is 0.891. The molecular weight excluding hydrogens is 234 g/mol. The normalized spacial score (nSPS) is 21.8. The first-order chi connectivity index (χ1) is 8.65. The van der Waals surface area contributed by atoms with Gasteiger partial charge in [-0.1, -0.05) is 6.07 Å². The number of nitrogens with one attached hydrogen (secondary N) is 1. The predicted octanol–water partition coefficient (Wildman–Crippen LogP) is 2.54. The van der Waals surface area contributed by atoms with Gasteiger partial charge in [0, 0.05) is 24.2 Å². The molecule has 1 fully saturated rings. The van der Waals surface area contributed by atoms with Gasteiger partial charge in [-0.05, 0) is 45.5 Å². The molecule has 1 aromatic carbocycles. The molecule has 1 aromatic rings. The van der Waals surface area contributed by atoms with Crippen LogP contribution in [0, 0.1) is 11.6 Å². The fourth-order valence-electron chi connectivity index (χ4n) is 2.36. The molecule has 4 heteroatoms. The highest BCUT2D eigenvalue weighted by molar-refractivity contribution is 5.18. The van der Waals surface area contributed by atoms with Crippen molar-refractivity contribution >= 4 is 0 Å². The third kappa shape index (κ3) is 3.75. The van der Waals surface area contributed by atoms with Gasteiger partial charge in [-0.2, -0.15) is 0 Å². The van der Waals surface area contributed by atoms with Gasteiger partial charge in [-0.25, -0.2) is 8.78 Å². The van der Waals surface area contributed by atoms with Crippen LogP contribution in [-0.4, -0.2) is 31.1 Å². The summed E-state index contributed by atoms with van der Waals surface area (Å²) in [7, 11) is 2.13. The van der Waals surface area contributed by atoms with Crippen LogP contribution in [0.5, 0.6) is 0 Å². The summed E-state index contributed by atoms with van der Waals surface area (Å²) in [6.45, 7) is 2.67. The minimum absolute atomic E-state index is 0.430. The van der Waals surface area contributed by atoms with Gasteiger partial charge < -0.3 is 10.2 Å². The van der Waals surface area contributed by atoms with E-state index in [1.807, 2.05) is 0 Å². The van der Waals surface area contributed by atoms with Crippen LogP contribution >= 0.6 is 0 Å². The first-order valence-electron chi connectivity index (χ1n) is 6.51. The van der Waals surface area contributed by atoms with E-state index >= 15 is 0 Å². The average Bonchev–Trinajstić information content (AvgIpc) is 2.53. The molecule has 18 heavy (non-hydrogen) atoms. The number of hydrogen-bond acceptors (Lipinski definition) is 2. The minimum Gasteiger partial charge on any atom is -0.310 e. The number of likely N-dealkylation sites (tertiary alicyclic amines) is 1. The molecule has 0 bridgehead atoms. The van der Waals surface area contributed by atoms with Crippen LogP contribution in [0.1, 0.15) is 24.8 Å². The number of halogens is 2. The maximum atomic E-state index is 13.5. The van der Waals surface area contributed by atoms with Gasteiger partial charge in [0.05, 0.1) is 0 Å². The molecular formula is C14H20F2N2. The Morgan fingerprint density at radius 3 is 2.89 bits per heavy atom. The van der Waals surface area contributed by atoms with Crippen LogP contribution < -0.4 is 5.32 Å². The maximum absolute atomic E-state index is 13.5. The molecule has 0 aromatic heterocycles. The largest absolute Gasteiger partial charge is 0.310 e. The molecule has 100 valence electrons. The van der Waals surface area contributed by atoms with E-state index < -0.39 is 11.6 Å². The fraction of sp³-hybridized carbons (Fsp3) is 0.571. The number of nitrogens with zero attached hydrogens (tertiary/aromatic N) is 1. The minimum atomic E-state index is -0.521. The molecule has 1 aliphatic rings. The second kappa shape index (κ2) is 6.25. The zero-order valence-corrected chi connectivity index (χ0v) is 10.8. The van der Waals surface area contributed by atoms with Gasteiger partial charge in [-0.15, -0.1) is 0 Å². The molecule has 1 aliphatic heterocycles. The van der Waals surface area contributed by atoms with Gasteiger partial charge in [0.1, 0.15) is 11.6 Å². The molecule has 1 heterocycles. The summed E-state index contributed by atoms with van der Waals surface area (Å²) in [5, 5.41) is 3.37. The van der Waals surface area contributed by atoms with Crippen LogP contribution in [0.2, 0.25) is 0 Å². The molecule has 1 unspecified atom stereocenters. The molecule has 2 nitrogen and oxygen atoms in total. The number of rotatable bonds is 3. The van der Waals surface area contributed by atoms with E-state index in [0.29, 0.717) is 18.2 Å². The summed E-state index contributed by atoms with van der Waals surface area (Å²) in [5.41, 5.74) is 0.536. The van der Waals surface area contributed by atoms with Crippen LogP contribution in [0.3, 0.4) is 0 Å². The number of benzene rings is 1. The van der Waals surface area contributed by atoms with Crippen LogP contribution in [0.4, 0.5) is 8.78 Å². The van der Waals surface area contributed by atoms with Crippen LogP contribution in [-0.2, 0) is 6.54 Å². The second-order valence-corrected chi connectivity index (χ2v) is 5.05. The Morgan fingerprint density at radius 2 is 2.11 bits per heavy atom.